The van der Waals surface area contributed by atoms with Gasteiger partial charge in [0.25, 0.3) is 0 Å². The molecule has 9 heteroatoms. The zero-order valence-corrected chi connectivity index (χ0v) is 24.0. The molecule has 0 aliphatic carbocycles. The average molecular weight is 566 g/mol. The lowest BCUT2D eigenvalue weighted by molar-refractivity contribution is -0.125. The summed E-state index contributed by atoms with van der Waals surface area (Å²) < 4.78 is 0. The standard InChI is InChI=1S/C32H35N7OS/c1-2-3-13-30-33-20-29(34-30)28(35-32(40)25(21-41)18-22-9-5-4-6-10-22)19-23-14-16-24(17-15-23)26-11-7-8-12-27(26)31-36-38-39-37-31/h4-12,14-17,20,25,28,41H,2-3,13,18-19,21H2,1H3,(H,33,34)(H,35,40)(H,36,37,38,39). The maximum atomic E-state index is 13.5. The first-order valence-corrected chi connectivity index (χ1v) is 14.7. The summed E-state index contributed by atoms with van der Waals surface area (Å²) >= 11 is 4.52. The van der Waals surface area contributed by atoms with Crippen LogP contribution in [0.4, 0.5) is 0 Å². The fourth-order valence-corrected chi connectivity index (χ4v) is 5.25. The topological polar surface area (TPSA) is 112 Å². The largest absolute Gasteiger partial charge is 0.348 e. The molecule has 0 saturated carbocycles. The van der Waals surface area contributed by atoms with Gasteiger partial charge >= 0.3 is 0 Å². The maximum absolute atomic E-state index is 13.5. The van der Waals surface area contributed by atoms with E-state index >= 15 is 0 Å². The fourth-order valence-electron chi connectivity index (χ4n) is 4.96. The van der Waals surface area contributed by atoms with Gasteiger partial charge in [0.2, 0.25) is 5.91 Å². The molecule has 0 fully saturated rings. The molecular formula is C32H35N7OS. The Morgan fingerprint density at radius 2 is 1.66 bits per heavy atom. The molecular weight excluding hydrogens is 530 g/mol. The molecule has 0 aliphatic heterocycles. The molecule has 5 aromatic rings. The van der Waals surface area contributed by atoms with Crippen LogP contribution in [0.15, 0.2) is 85.1 Å². The smallest absolute Gasteiger partial charge is 0.224 e. The number of carbonyl (C=O) groups is 1. The number of nitrogens with one attached hydrogen (secondary N) is 3. The third-order valence-electron chi connectivity index (χ3n) is 7.24. The molecule has 0 spiro atoms. The van der Waals surface area contributed by atoms with Crippen LogP contribution >= 0.6 is 12.6 Å². The Morgan fingerprint density at radius 3 is 2.37 bits per heavy atom. The van der Waals surface area contributed by atoms with E-state index in [1.54, 1.807) is 0 Å². The van der Waals surface area contributed by atoms with Crippen LogP contribution in [0, 0.1) is 5.92 Å². The second-order valence-electron chi connectivity index (χ2n) is 10.2. The van der Waals surface area contributed by atoms with Crippen molar-refractivity contribution < 1.29 is 4.79 Å². The van der Waals surface area contributed by atoms with Crippen molar-refractivity contribution in [2.45, 2.75) is 45.1 Å². The number of H-pyrrole nitrogens is 2. The van der Waals surface area contributed by atoms with Crippen molar-refractivity contribution in [3.8, 4) is 22.5 Å². The third kappa shape index (κ3) is 7.29. The summed E-state index contributed by atoms with van der Waals surface area (Å²) in [4.78, 5) is 21.7. The zero-order chi connectivity index (χ0) is 28.4. The van der Waals surface area contributed by atoms with Crippen LogP contribution in [0.3, 0.4) is 0 Å². The lowest BCUT2D eigenvalue weighted by Gasteiger charge is -2.21. The SMILES string of the molecule is CCCCc1nc(C(Cc2ccc(-c3ccccc3-c3nnn[nH]3)cc2)NC(=O)C(CS)Cc2ccccc2)c[nH]1. The molecule has 0 aliphatic rings. The molecule has 5 rings (SSSR count). The van der Waals surface area contributed by atoms with Gasteiger partial charge in [-0.05, 0) is 51.9 Å². The monoisotopic (exact) mass is 565 g/mol. The second kappa shape index (κ2) is 13.9. The van der Waals surface area contributed by atoms with Crippen LogP contribution < -0.4 is 5.32 Å². The van der Waals surface area contributed by atoms with E-state index in [4.69, 9.17) is 4.98 Å². The van der Waals surface area contributed by atoms with Crippen LogP contribution in [0.1, 0.15) is 48.5 Å². The Hall–Kier alpha value is -4.24. The summed E-state index contributed by atoms with van der Waals surface area (Å²) in [5.41, 5.74) is 6.09. The lowest BCUT2D eigenvalue weighted by atomic mass is 9.95. The number of aromatic amines is 2. The van der Waals surface area contributed by atoms with Gasteiger partial charge in [-0.2, -0.15) is 12.6 Å². The minimum atomic E-state index is -0.273. The van der Waals surface area contributed by atoms with E-state index in [-0.39, 0.29) is 17.9 Å². The molecule has 2 aromatic heterocycles. The van der Waals surface area contributed by atoms with Gasteiger partial charge in [0.05, 0.1) is 17.7 Å². The Labute approximate surface area is 245 Å². The molecule has 3 N–H and O–H groups in total. The Morgan fingerprint density at radius 1 is 0.927 bits per heavy atom. The Balaban J connectivity index is 1.36. The quantitative estimate of drug-likeness (QED) is 0.135. The van der Waals surface area contributed by atoms with Crippen molar-refractivity contribution in [2.75, 3.05) is 5.75 Å². The summed E-state index contributed by atoms with van der Waals surface area (Å²) in [6.07, 6.45) is 6.23. The van der Waals surface area contributed by atoms with Crippen molar-refractivity contribution in [1.29, 1.82) is 0 Å². The number of hydrogen-bond acceptors (Lipinski definition) is 6. The number of hydrogen-bond donors (Lipinski definition) is 4. The molecule has 1 amide bonds. The first kappa shape index (κ1) is 28.3. The number of unbranched alkanes of at least 4 members (excludes halogenated alkanes) is 1. The predicted molar refractivity (Wildman–Crippen MR) is 164 cm³/mol. The van der Waals surface area contributed by atoms with E-state index in [9.17, 15) is 4.79 Å². The van der Waals surface area contributed by atoms with Gasteiger partial charge in [-0.15, -0.1) is 5.10 Å². The molecule has 0 bridgehead atoms. The number of tetrazole rings is 1. The van der Waals surface area contributed by atoms with Gasteiger partial charge in [-0.1, -0.05) is 92.2 Å². The van der Waals surface area contributed by atoms with E-state index in [0.29, 0.717) is 24.4 Å². The highest BCUT2D eigenvalue weighted by molar-refractivity contribution is 7.80. The molecule has 8 nitrogen and oxygen atoms in total. The van der Waals surface area contributed by atoms with E-state index in [1.807, 2.05) is 54.7 Å². The van der Waals surface area contributed by atoms with E-state index in [2.05, 4.69) is 80.8 Å². The average Bonchev–Trinajstić information content (AvgIpc) is 3.72. The van der Waals surface area contributed by atoms with Crippen LogP contribution in [0.25, 0.3) is 22.5 Å². The van der Waals surface area contributed by atoms with Crippen molar-refractivity contribution in [3.63, 3.8) is 0 Å². The fraction of sp³-hybridized carbons (Fsp3) is 0.281. The van der Waals surface area contributed by atoms with Gasteiger partial charge < -0.3 is 10.3 Å². The van der Waals surface area contributed by atoms with Crippen LogP contribution in [0.5, 0.6) is 0 Å². The molecule has 210 valence electrons. The van der Waals surface area contributed by atoms with Gasteiger partial charge in [0.1, 0.15) is 5.82 Å². The molecule has 0 radical (unpaired) electrons. The molecule has 0 saturated heterocycles. The van der Waals surface area contributed by atoms with Crippen LogP contribution in [-0.4, -0.2) is 42.3 Å². The van der Waals surface area contributed by atoms with Crippen molar-refractivity contribution in [3.05, 3.63) is 108 Å². The number of aryl methyl sites for hydroxylation is 1. The summed E-state index contributed by atoms with van der Waals surface area (Å²) in [7, 11) is 0. The highest BCUT2D eigenvalue weighted by atomic mass is 32.1. The summed E-state index contributed by atoms with van der Waals surface area (Å²) in [5.74, 6) is 1.78. The van der Waals surface area contributed by atoms with Crippen LogP contribution in [-0.2, 0) is 24.1 Å². The number of thiol groups is 1. The highest BCUT2D eigenvalue weighted by Crippen LogP contribution is 2.30. The number of aromatic nitrogens is 6. The Kier molecular flexibility index (Phi) is 9.59. The van der Waals surface area contributed by atoms with Gasteiger partial charge in [0.15, 0.2) is 5.82 Å². The number of rotatable bonds is 13. The highest BCUT2D eigenvalue weighted by Gasteiger charge is 2.24. The number of benzene rings is 3. The maximum Gasteiger partial charge on any atom is 0.224 e. The molecule has 2 unspecified atom stereocenters. The third-order valence-corrected chi connectivity index (χ3v) is 7.68. The van der Waals surface area contributed by atoms with Crippen molar-refractivity contribution in [2.24, 2.45) is 5.92 Å². The number of amides is 1. The summed E-state index contributed by atoms with van der Waals surface area (Å²) in [6, 6.07) is 26.2. The van der Waals surface area contributed by atoms with E-state index in [1.165, 1.54) is 0 Å². The predicted octanol–water partition coefficient (Wildman–Crippen LogP) is 5.79. The normalized spacial score (nSPS) is 12.6. The summed E-state index contributed by atoms with van der Waals surface area (Å²) in [6.45, 7) is 2.17. The van der Waals surface area contributed by atoms with Crippen LogP contribution in [0.2, 0.25) is 0 Å². The van der Waals surface area contributed by atoms with E-state index < -0.39 is 0 Å². The number of carbonyl (C=O) groups excluding carboxylic acids is 1. The Bertz CT molecular complexity index is 1520. The first-order chi connectivity index (χ1) is 20.1. The summed E-state index contributed by atoms with van der Waals surface area (Å²) in [5, 5.41) is 17.7. The zero-order valence-electron chi connectivity index (χ0n) is 23.1. The molecule has 2 heterocycles. The van der Waals surface area contributed by atoms with E-state index in [0.717, 1.165) is 58.6 Å². The van der Waals surface area contributed by atoms with Gasteiger partial charge in [0, 0.05) is 23.9 Å². The molecule has 41 heavy (non-hydrogen) atoms. The second-order valence-corrected chi connectivity index (χ2v) is 10.6. The number of nitrogens with zero attached hydrogens (tertiary/aromatic N) is 4. The number of imidazole rings is 1. The first-order valence-electron chi connectivity index (χ1n) is 14.1. The van der Waals surface area contributed by atoms with Crippen molar-refractivity contribution >= 4 is 18.5 Å². The van der Waals surface area contributed by atoms with Crippen molar-refractivity contribution in [1.82, 2.24) is 35.9 Å². The minimum Gasteiger partial charge on any atom is -0.348 e. The molecule has 2 atom stereocenters. The molecule has 3 aromatic carbocycles. The van der Waals surface area contributed by atoms with Gasteiger partial charge in [-0.25, -0.2) is 10.1 Å². The lowest BCUT2D eigenvalue weighted by Crippen LogP contribution is -2.37. The van der Waals surface area contributed by atoms with Gasteiger partial charge in [-0.3, -0.25) is 4.79 Å². The minimum absolute atomic E-state index is 0.0156.